The molecule has 2 aromatic heterocycles. The van der Waals surface area contributed by atoms with Gasteiger partial charge in [0, 0.05) is 35.9 Å². The second kappa shape index (κ2) is 7.85. The molecule has 0 N–H and O–H groups in total. The van der Waals surface area contributed by atoms with Crippen LogP contribution in [0.25, 0.3) is 0 Å². The van der Waals surface area contributed by atoms with Crippen LogP contribution in [-0.4, -0.2) is 46.6 Å². The summed E-state index contributed by atoms with van der Waals surface area (Å²) in [6.45, 7) is 7.32. The molecule has 0 aromatic carbocycles. The fourth-order valence-corrected chi connectivity index (χ4v) is 5.02. The van der Waals surface area contributed by atoms with Crippen molar-refractivity contribution in [2.45, 2.75) is 51.2 Å². The highest BCUT2D eigenvalue weighted by molar-refractivity contribution is 7.09. The van der Waals surface area contributed by atoms with Gasteiger partial charge in [-0.25, -0.2) is 0 Å². The lowest BCUT2D eigenvalue weighted by Crippen LogP contribution is -2.33. The molecule has 1 atom stereocenters. The van der Waals surface area contributed by atoms with Crippen LogP contribution in [0.15, 0.2) is 35.8 Å². The summed E-state index contributed by atoms with van der Waals surface area (Å²) in [6.07, 6.45) is 9.16. The van der Waals surface area contributed by atoms with E-state index in [1.165, 1.54) is 68.9 Å². The van der Waals surface area contributed by atoms with Gasteiger partial charge in [-0.05, 0) is 75.3 Å². The van der Waals surface area contributed by atoms with E-state index < -0.39 is 0 Å². The van der Waals surface area contributed by atoms with Crippen molar-refractivity contribution in [1.29, 1.82) is 0 Å². The molecular formula is C20H29N3S. The fourth-order valence-electron chi connectivity index (χ4n) is 4.32. The van der Waals surface area contributed by atoms with E-state index in [9.17, 15) is 0 Å². The van der Waals surface area contributed by atoms with Crippen molar-refractivity contribution in [2.75, 3.05) is 26.2 Å². The van der Waals surface area contributed by atoms with Crippen molar-refractivity contribution in [1.82, 2.24) is 14.4 Å². The standard InChI is InChI=1S/C20H29N3S/c1-2-12-22(11-1)18-6-3-10-21(14-9-18)16-19-7-4-13-23(19)17-20-8-5-15-24-20/h4-5,7-8,13,15,18H,1-3,6,9-12,14,16-17H2/t18-/m0/s1. The summed E-state index contributed by atoms with van der Waals surface area (Å²) in [5.74, 6) is 0. The van der Waals surface area contributed by atoms with Crippen LogP contribution in [0.2, 0.25) is 0 Å². The highest BCUT2D eigenvalue weighted by Crippen LogP contribution is 2.22. The van der Waals surface area contributed by atoms with Gasteiger partial charge >= 0.3 is 0 Å². The molecule has 0 aliphatic carbocycles. The molecule has 3 nitrogen and oxygen atoms in total. The Balaban J connectivity index is 1.35. The van der Waals surface area contributed by atoms with E-state index in [2.05, 4.69) is 50.2 Å². The first-order chi connectivity index (χ1) is 11.9. The van der Waals surface area contributed by atoms with Gasteiger partial charge in [-0.3, -0.25) is 4.90 Å². The molecule has 0 unspecified atom stereocenters. The predicted molar refractivity (Wildman–Crippen MR) is 102 cm³/mol. The minimum absolute atomic E-state index is 0.843. The van der Waals surface area contributed by atoms with E-state index in [-0.39, 0.29) is 0 Å². The lowest BCUT2D eigenvalue weighted by atomic mass is 10.1. The highest BCUT2D eigenvalue weighted by Gasteiger charge is 2.24. The molecule has 0 bridgehead atoms. The van der Waals surface area contributed by atoms with Gasteiger partial charge in [0.2, 0.25) is 0 Å². The normalized spacial score (nSPS) is 23.6. The molecule has 4 rings (SSSR count). The summed E-state index contributed by atoms with van der Waals surface area (Å²) >= 11 is 1.85. The van der Waals surface area contributed by atoms with Crippen LogP contribution >= 0.6 is 11.3 Å². The van der Waals surface area contributed by atoms with Crippen LogP contribution in [0.4, 0.5) is 0 Å². The predicted octanol–water partition coefficient (Wildman–Crippen LogP) is 4.05. The minimum atomic E-state index is 0.843. The monoisotopic (exact) mass is 343 g/mol. The molecule has 0 spiro atoms. The molecule has 24 heavy (non-hydrogen) atoms. The Kier molecular flexibility index (Phi) is 5.36. The quantitative estimate of drug-likeness (QED) is 0.811. The Bertz CT molecular complexity index is 613. The first-order valence-corrected chi connectivity index (χ1v) is 10.4. The van der Waals surface area contributed by atoms with Crippen molar-refractivity contribution in [3.63, 3.8) is 0 Å². The van der Waals surface area contributed by atoms with Crippen molar-refractivity contribution >= 4 is 11.3 Å². The summed E-state index contributed by atoms with van der Waals surface area (Å²) in [7, 11) is 0. The van der Waals surface area contributed by atoms with E-state index in [1.54, 1.807) is 0 Å². The zero-order valence-corrected chi connectivity index (χ0v) is 15.4. The lowest BCUT2D eigenvalue weighted by molar-refractivity contribution is 0.212. The number of likely N-dealkylation sites (tertiary alicyclic amines) is 2. The summed E-state index contributed by atoms with van der Waals surface area (Å²) in [5.41, 5.74) is 1.46. The van der Waals surface area contributed by atoms with Crippen LogP contribution < -0.4 is 0 Å². The Morgan fingerprint density at radius 2 is 1.83 bits per heavy atom. The number of hydrogen-bond acceptors (Lipinski definition) is 3. The van der Waals surface area contributed by atoms with E-state index in [4.69, 9.17) is 0 Å². The smallest absolute Gasteiger partial charge is 0.0566 e. The van der Waals surface area contributed by atoms with Gasteiger partial charge in [0.15, 0.2) is 0 Å². The topological polar surface area (TPSA) is 11.4 Å². The Morgan fingerprint density at radius 3 is 2.67 bits per heavy atom. The van der Waals surface area contributed by atoms with Gasteiger partial charge < -0.3 is 9.47 Å². The molecule has 2 aliphatic rings. The molecule has 4 heterocycles. The van der Waals surface area contributed by atoms with E-state index in [0.29, 0.717) is 0 Å². The maximum Gasteiger partial charge on any atom is 0.0566 e. The second-order valence-electron chi connectivity index (χ2n) is 7.31. The molecule has 2 aromatic rings. The molecule has 2 aliphatic heterocycles. The van der Waals surface area contributed by atoms with Gasteiger partial charge in [-0.1, -0.05) is 6.07 Å². The summed E-state index contributed by atoms with van der Waals surface area (Å²) in [6, 6.07) is 9.73. The van der Waals surface area contributed by atoms with E-state index in [0.717, 1.165) is 19.1 Å². The Labute approximate surface area is 149 Å². The van der Waals surface area contributed by atoms with Gasteiger partial charge in [0.25, 0.3) is 0 Å². The summed E-state index contributed by atoms with van der Waals surface area (Å²) in [4.78, 5) is 6.87. The van der Waals surface area contributed by atoms with Crippen molar-refractivity contribution in [2.24, 2.45) is 0 Å². The summed E-state index contributed by atoms with van der Waals surface area (Å²) in [5, 5.41) is 2.17. The first kappa shape index (κ1) is 16.4. The van der Waals surface area contributed by atoms with Crippen LogP contribution in [0.5, 0.6) is 0 Å². The maximum absolute atomic E-state index is 2.75. The number of rotatable bonds is 5. The van der Waals surface area contributed by atoms with Crippen molar-refractivity contribution < 1.29 is 0 Å². The first-order valence-electron chi connectivity index (χ1n) is 9.51. The third kappa shape index (κ3) is 3.93. The van der Waals surface area contributed by atoms with Crippen molar-refractivity contribution in [3.05, 3.63) is 46.4 Å². The number of hydrogen-bond donors (Lipinski definition) is 0. The number of nitrogens with zero attached hydrogens (tertiary/aromatic N) is 3. The number of aromatic nitrogens is 1. The van der Waals surface area contributed by atoms with Crippen LogP contribution in [-0.2, 0) is 13.1 Å². The zero-order chi connectivity index (χ0) is 16.2. The lowest BCUT2D eigenvalue weighted by Gasteiger charge is -2.26. The molecule has 4 heteroatoms. The average Bonchev–Trinajstić information content (AvgIpc) is 3.32. The Morgan fingerprint density at radius 1 is 0.917 bits per heavy atom. The SMILES string of the molecule is c1csc(Cn2cccc2CN2CCC[C@H](N3CCCC3)CC2)c1. The number of thiophene rings is 1. The van der Waals surface area contributed by atoms with Crippen LogP contribution in [0.1, 0.15) is 42.7 Å². The van der Waals surface area contributed by atoms with Gasteiger partial charge in [0.1, 0.15) is 0 Å². The Hall–Kier alpha value is -1.10. The largest absolute Gasteiger partial charge is 0.345 e. The van der Waals surface area contributed by atoms with Gasteiger partial charge in [-0.2, -0.15) is 0 Å². The van der Waals surface area contributed by atoms with E-state index in [1.807, 2.05) is 11.3 Å². The van der Waals surface area contributed by atoms with E-state index >= 15 is 0 Å². The zero-order valence-electron chi connectivity index (χ0n) is 14.6. The van der Waals surface area contributed by atoms with Crippen LogP contribution in [0.3, 0.4) is 0 Å². The summed E-state index contributed by atoms with van der Waals surface area (Å²) < 4.78 is 2.43. The molecule has 2 saturated heterocycles. The molecule has 0 radical (unpaired) electrons. The molecule has 0 amide bonds. The molecule has 0 saturated carbocycles. The van der Waals surface area contributed by atoms with Crippen LogP contribution in [0, 0.1) is 0 Å². The third-order valence-corrected chi connectivity index (χ3v) is 6.52. The van der Waals surface area contributed by atoms with Crippen molar-refractivity contribution in [3.8, 4) is 0 Å². The minimum Gasteiger partial charge on any atom is -0.345 e. The molecular weight excluding hydrogens is 314 g/mol. The molecule has 2 fully saturated rings. The van der Waals surface area contributed by atoms with Gasteiger partial charge in [0.05, 0.1) is 6.54 Å². The van der Waals surface area contributed by atoms with Gasteiger partial charge in [-0.15, -0.1) is 11.3 Å². The fraction of sp³-hybridized carbons (Fsp3) is 0.600. The third-order valence-electron chi connectivity index (χ3n) is 5.66. The second-order valence-corrected chi connectivity index (χ2v) is 8.34. The average molecular weight is 344 g/mol. The molecule has 130 valence electrons. The maximum atomic E-state index is 2.75. The highest BCUT2D eigenvalue weighted by atomic mass is 32.1.